The predicted molar refractivity (Wildman–Crippen MR) is 54.8 cm³/mol. The molecule has 0 aromatic rings. The Morgan fingerprint density at radius 1 is 1.29 bits per heavy atom. The number of hydrogen-bond acceptors (Lipinski definition) is 3. The maximum Gasteiger partial charge on any atom is 0.302 e. The molecule has 3 heteroatoms. The molecule has 0 fully saturated rings. The van der Waals surface area contributed by atoms with Gasteiger partial charge in [-0.25, -0.2) is 0 Å². The first-order chi connectivity index (χ1) is 6.43. The molecule has 0 aliphatic rings. The van der Waals surface area contributed by atoms with Crippen LogP contribution in [0.25, 0.3) is 0 Å². The second-order valence-electron chi connectivity index (χ2n) is 3.51. The third-order valence-electron chi connectivity index (χ3n) is 1.94. The van der Waals surface area contributed by atoms with Crippen molar-refractivity contribution in [3.63, 3.8) is 0 Å². The van der Waals surface area contributed by atoms with Crippen LogP contribution in [0.4, 0.5) is 0 Å². The summed E-state index contributed by atoms with van der Waals surface area (Å²) >= 11 is 0. The van der Waals surface area contributed by atoms with Crippen molar-refractivity contribution in [3.8, 4) is 0 Å². The summed E-state index contributed by atoms with van der Waals surface area (Å²) in [5, 5.41) is 0. The quantitative estimate of drug-likeness (QED) is 0.502. The van der Waals surface area contributed by atoms with Gasteiger partial charge in [0.25, 0.3) is 0 Å². The number of hydrogen-bond donors (Lipinski definition) is 0. The van der Waals surface area contributed by atoms with Crippen LogP contribution in [0.1, 0.15) is 34.1 Å². The summed E-state index contributed by atoms with van der Waals surface area (Å²) in [5.74, 6) is -0.00356. The standard InChI is InChI=1S/C11H18O3/c1-8(6-5-7-9(2)12)10(3)14-11(4)13/h5-6,8,10H,7H2,1-4H3/b6-5+. The van der Waals surface area contributed by atoms with Crippen LogP contribution in [0.15, 0.2) is 12.2 Å². The Bertz CT molecular complexity index is 231. The zero-order valence-electron chi connectivity index (χ0n) is 9.24. The number of carbonyl (C=O) groups is 2. The van der Waals surface area contributed by atoms with Crippen molar-refractivity contribution >= 4 is 11.8 Å². The van der Waals surface area contributed by atoms with Crippen molar-refractivity contribution in [1.29, 1.82) is 0 Å². The highest BCUT2D eigenvalue weighted by atomic mass is 16.5. The topological polar surface area (TPSA) is 43.4 Å². The molecule has 80 valence electrons. The Hall–Kier alpha value is -1.12. The first kappa shape index (κ1) is 12.9. The van der Waals surface area contributed by atoms with E-state index < -0.39 is 0 Å². The van der Waals surface area contributed by atoms with Gasteiger partial charge in [0.15, 0.2) is 0 Å². The first-order valence-corrected chi connectivity index (χ1v) is 4.76. The molecule has 0 radical (unpaired) electrons. The van der Waals surface area contributed by atoms with E-state index in [9.17, 15) is 9.59 Å². The predicted octanol–water partition coefficient (Wildman–Crippen LogP) is 2.11. The Morgan fingerprint density at radius 3 is 2.29 bits per heavy atom. The smallest absolute Gasteiger partial charge is 0.302 e. The maximum atomic E-state index is 10.6. The van der Waals surface area contributed by atoms with E-state index in [4.69, 9.17) is 4.74 Å². The molecular formula is C11H18O3. The van der Waals surface area contributed by atoms with E-state index in [1.54, 1.807) is 6.92 Å². The average Bonchev–Trinajstić information content (AvgIpc) is 2.01. The fraction of sp³-hybridized carbons (Fsp3) is 0.636. The van der Waals surface area contributed by atoms with Crippen LogP contribution < -0.4 is 0 Å². The summed E-state index contributed by atoms with van der Waals surface area (Å²) in [4.78, 5) is 21.3. The molecule has 0 spiro atoms. The average molecular weight is 198 g/mol. The minimum atomic E-state index is -0.274. The molecule has 0 rings (SSSR count). The number of allylic oxidation sites excluding steroid dienone is 1. The number of ketones is 1. The van der Waals surface area contributed by atoms with E-state index in [0.717, 1.165) is 0 Å². The van der Waals surface area contributed by atoms with Gasteiger partial charge in [-0.2, -0.15) is 0 Å². The molecule has 0 aromatic carbocycles. The fourth-order valence-corrected chi connectivity index (χ4v) is 0.974. The van der Waals surface area contributed by atoms with Crippen LogP contribution >= 0.6 is 0 Å². The van der Waals surface area contributed by atoms with Crippen molar-refractivity contribution in [1.82, 2.24) is 0 Å². The van der Waals surface area contributed by atoms with Gasteiger partial charge in [0.1, 0.15) is 11.9 Å². The maximum absolute atomic E-state index is 10.6. The second-order valence-corrected chi connectivity index (χ2v) is 3.51. The van der Waals surface area contributed by atoms with Gasteiger partial charge in [-0.1, -0.05) is 19.1 Å². The van der Waals surface area contributed by atoms with Crippen molar-refractivity contribution < 1.29 is 14.3 Å². The Labute approximate surface area is 85.1 Å². The summed E-state index contributed by atoms with van der Waals surface area (Å²) in [6.07, 6.45) is 4.01. The van der Waals surface area contributed by atoms with E-state index in [1.807, 2.05) is 26.0 Å². The van der Waals surface area contributed by atoms with Crippen LogP contribution in [0.5, 0.6) is 0 Å². The largest absolute Gasteiger partial charge is 0.462 e. The van der Waals surface area contributed by atoms with Gasteiger partial charge in [0, 0.05) is 19.3 Å². The molecule has 14 heavy (non-hydrogen) atoms. The van der Waals surface area contributed by atoms with E-state index in [0.29, 0.717) is 6.42 Å². The monoisotopic (exact) mass is 198 g/mol. The zero-order chi connectivity index (χ0) is 11.1. The van der Waals surface area contributed by atoms with Gasteiger partial charge in [-0.3, -0.25) is 9.59 Å². The molecule has 0 saturated carbocycles. The summed E-state index contributed by atoms with van der Waals surface area (Å²) in [7, 11) is 0. The molecule has 0 aliphatic carbocycles. The third-order valence-corrected chi connectivity index (χ3v) is 1.94. The molecule has 0 aliphatic heterocycles. The molecular weight excluding hydrogens is 180 g/mol. The van der Waals surface area contributed by atoms with Gasteiger partial charge in [-0.15, -0.1) is 0 Å². The van der Waals surface area contributed by atoms with Crippen LogP contribution in [0.3, 0.4) is 0 Å². The van der Waals surface area contributed by atoms with Crippen LogP contribution in [0.2, 0.25) is 0 Å². The van der Waals surface area contributed by atoms with Gasteiger partial charge in [-0.05, 0) is 13.8 Å². The summed E-state index contributed by atoms with van der Waals surface area (Å²) in [6, 6.07) is 0. The summed E-state index contributed by atoms with van der Waals surface area (Å²) in [5.41, 5.74) is 0. The lowest BCUT2D eigenvalue weighted by Gasteiger charge is -2.16. The molecule has 0 saturated heterocycles. The molecule has 0 amide bonds. The number of carbonyl (C=O) groups excluding carboxylic acids is 2. The van der Waals surface area contributed by atoms with Crippen LogP contribution in [0, 0.1) is 5.92 Å². The molecule has 2 atom stereocenters. The van der Waals surface area contributed by atoms with Crippen molar-refractivity contribution in [3.05, 3.63) is 12.2 Å². The number of Topliss-reactive ketones (excluding diaryl/α,β-unsaturated/α-hetero) is 1. The van der Waals surface area contributed by atoms with Crippen LogP contribution in [-0.2, 0) is 14.3 Å². The van der Waals surface area contributed by atoms with Gasteiger partial charge < -0.3 is 4.74 Å². The Morgan fingerprint density at radius 2 is 1.86 bits per heavy atom. The first-order valence-electron chi connectivity index (χ1n) is 4.76. The minimum Gasteiger partial charge on any atom is -0.462 e. The van der Waals surface area contributed by atoms with E-state index in [1.165, 1.54) is 6.92 Å². The lowest BCUT2D eigenvalue weighted by atomic mass is 10.1. The molecule has 0 heterocycles. The normalized spacial score (nSPS) is 15.1. The van der Waals surface area contributed by atoms with E-state index in [-0.39, 0.29) is 23.8 Å². The Kier molecular flexibility index (Phi) is 5.84. The third kappa shape index (κ3) is 6.40. The van der Waals surface area contributed by atoms with Crippen LogP contribution in [-0.4, -0.2) is 17.9 Å². The Balaban J connectivity index is 3.93. The minimum absolute atomic E-state index is 0.133. The zero-order valence-corrected chi connectivity index (χ0v) is 9.24. The number of ether oxygens (including phenoxy) is 1. The highest BCUT2D eigenvalue weighted by Crippen LogP contribution is 2.09. The highest BCUT2D eigenvalue weighted by molar-refractivity contribution is 5.76. The second kappa shape index (κ2) is 6.35. The lowest BCUT2D eigenvalue weighted by molar-refractivity contribution is -0.146. The van der Waals surface area contributed by atoms with Gasteiger partial charge >= 0.3 is 5.97 Å². The van der Waals surface area contributed by atoms with Crippen molar-refractivity contribution in [2.45, 2.75) is 40.2 Å². The van der Waals surface area contributed by atoms with E-state index in [2.05, 4.69) is 0 Å². The molecule has 0 aromatic heterocycles. The summed E-state index contributed by atoms with van der Waals surface area (Å²) < 4.78 is 4.99. The fourth-order valence-electron chi connectivity index (χ4n) is 0.974. The molecule has 0 bridgehead atoms. The van der Waals surface area contributed by atoms with Gasteiger partial charge in [0.05, 0.1) is 0 Å². The molecule has 0 N–H and O–H groups in total. The number of esters is 1. The van der Waals surface area contributed by atoms with Gasteiger partial charge in [0.2, 0.25) is 0 Å². The van der Waals surface area contributed by atoms with Crippen molar-refractivity contribution in [2.75, 3.05) is 0 Å². The SMILES string of the molecule is CC(=O)C/C=C/C(C)C(C)OC(C)=O. The number of rotatable bonds is 5. The molecule has 3 nitrogen and oxygen atoms in total. The van der Waals surface area contributed by atoms with Crippen molar-refractivity contribution in [2.24, 2.45) is 5.92 Å². The summed E-state index contributed by atoms with van der Waals surface area (Å²) in [6.45, 7) is 6.72. The van der Waals surface area contributed by atoms with E-state index >= 15 is 0 Å². The lowest BCUT2D eigenvalue weighted by Crippen LogP contribution is -2.19. The highest BCUT2D eigenvalue weighted by Gasteiger charge is 2.11. The molecule has 2 unspecified atom stereocenters.